The maximum Gasteiger partial charge on any atom is 0.364 e. The fourth-order valence-electron chi connectivity index (χ4n) is 1.70. The standard InChI is InChI=1S/C9H16O9/c10-2-4(12)6(14)7-5(13)3(11)1-9(17,18-7)8(15)16/h3-7,10-14,17H,1-2H2,(H,15,16)/t3?,4?,5-,6?,7?,9+/m1/s1. The fraction of sp³-hybridized carbons (Fsp3) is 0.889. The van der Waals surface area contributed by atoms with Gasteiger partial charge in [-0.2, -0.15) is 0 Å². The van der Waals surface area contributed by atoms with Crippen molar-refractivity contribution in [2.24, 2.45) is 0 Å². The van der Waals surface area contributed by atoms with Crippen molar-refractivity contribution in [1.29, 1.82) is 0 Å². The van der Waals surface area contributed by atoms with Gasteiger partial charge >= 0.3 is 5.97 Å². The summed E-state index contributed by atoms with van der Waals surface area (Å²) in [6, 6.07) is 0. The number of carboxylic acid groups (broad SMARTS) is 1. The van der Waals surface area contributed by atoms with Crippen LogP contribution in [0.5, 0.6) is 0 Å². The minimum absolute atomic E-state index is 0.790. The number of aliphatic hydroxyl groups is 6. The topological polar surface area (TPSA) is 168 Å². The summed E-state index contributed by atoms with van der Waals surface area (Å²) in [6.45, 7) is -0.866. The van der Waals surface area contributed by atoms with Crippen LogP contribution in [0.25, 0.3) is 0 Å². The third-order valence-electron chi connectivity index (χ3n) is 2.80. The van der Waals surface area contributed by atoms with Crippen LogP contribution in [0.2, 0.25) is 0 Å². The third kappa shape index (κ3) is 2.78. The summed E-state index contributed by atoms with van der Waals surface area (Å²) in [4.78, 5) is 10.8. The zero-order valence-corrected chi connectivity index (χ0v) is 9.25. The van der Waals surface area contributed by atoms with Gasteiger partial charge in [0.15, 0.2) is 0 Å². The van der Waals surface area contributed by atoms with E-state index in [1.54, 1.807) is 0 Å². The molecule has 18 heavy (non-hydrogen) atoms. The van der Waals surface area contributed by atoms with E-state index in [2.05, 4.69) is 4.74 Å². The first-order valence-corrected chi connectivity index (χ1v) is 5.19. The molecule has 1 fully saturated rings. The Morgan fingerprint density at radius 3 is 2.39 bits per heavy atom. The molecular formula is C9H16O9. The van der Waals surface area contributed by atoms with Crippen LogP contribution in [0.15, 0.2) is 0 Å². The Labute approximate surface area is 101 Å². The van der Waals surface area contributed by atoms with Crippen molar-refractivity contribution in [3.05, 3.63) is 0 Å². The van der Waals surface area contributed by atoms with Crippen LogP contribution in [-0.2, 0) is 9.53 Å². The molecule has 0 spiro atoms. The van der Waals surface area contributed by atoms with Gasteiger partial charge in [-0.15, -0.1) is 0 Å². The summed E-state index contributed by atoms with van der Waals surface area (Å²) >= 11 is 0. The molecule has 0 bridgehead atoms. The van der Waals surface area contributed by atoms with E-state index in [4.69, 9.17) is 10.2 Å². The normalized spacial score (nSPS) is 40.2. The predicted octanol–water partition coefficient (Wildman–Crippen LogP) is -4.02. The highest BCUT2D eigenvalue weighted by Gasteiger charge is 2.53. The summed E-state index contributed by atoms with van der Waals surface area (Å²) in [5.74, 6) is -4.58. The molecule has 0 aromatic carbocycles. The Kier molecular flexibility index (Phi) is 4.61. The van der Waals surface area contributed by atoms with Gasteiger partial charge in [-0.3, -0.25) is 0 Å². The maximum atomic E-state index is 10.8. The Morgan fingerprint density at radius 1 is 1.39 bits per heavy atom. The van der Waals surface area contributed by atoms with E-state index in [0.29, 0.717) is 0 Å². The molecule has 106 valence electrons. The van der Waals surface area contributed by atoms with E-state index in [0.717, 1.165) is 0 Å². The van der Waals surface area contributed by atoms with E-state index in [9.17, 15) is 30.3 Å². The minimum Gasteiger partial charge on any atom is -0.477 e. The summed E-state index contributed by atoms with van der Waals surface area (Å²) in [5, 5.41) is 64.6. The summed E-state index contributed by atoms with van der Waals surface area (Å²) in [5.41, 5.74) is 0. The third-order valence-corrected chi connectivity index (χ3v) is 2.80. The van der Waals surface area contributed by atoms with Crippen molar-refractivity contribution in [2.75, 3.05) is 6.61 Å². The summed E-state index contributed by atoms with van der Waals surface area (Å²) in [6.07, 6.45) is -9.50. The van der Waals surface area contributed by atoms with E-state index >= 15 is 0 Å². The Bertz CT molecular complexity index is 308. The second-order valence-corrected chi connectivity index (χ2v) is 4.17. The fourth-order valence-corrected chi connectivity index (χ4v) is 1.70. The van der Waals surface area contributed by atoms with E-state index in [1.807, 2.05) is 0 Å². The second kappa shape index (κ2) is 5.45. The Morgan fingerprint density at radius 2 is 1.94 bits per heavy atom. The van der Waals surface area contributed by atoms with Gasteiger partial charge in [0.1, 0.15) is 24.4 Å². The van der Waals surface area contributed by atoms with Gasteiger partial charge in [-0.1, -0.05) is 0 Å². The molecular weight excluding hydrogens is 252 g/mol. The number of hydrogen-bond donors (Lipinski definition) is 7. The van der Waals surface area contributed by atoms with Crippen LogP contribution >= 0.6 is 0 Å². The second-order valence-electron chi connectivity index (χ2n) is 4.17. The molecule has 7 N–H and O–H groups in total. The van der Waals surface area contributed by atoms with Crippen molar-refractivity contribution >= 4 is 5.97 Å². The number of rotatable bonds is 4. The van der Waals surface area contributed by atoms with Crippen LogP contribution in [0, 0.1) is 0 Å². The number of ether oxygens (including phenoxy) is 1. The highest BCUT2D eigenvalue weighted by Crippen LogP contribution is 2.30. The molecule has 1 aliphatic rings. The minimum atomic E-state index is -2.78. The summed E-state index contributed by atoms with van der Waals surface area (Å²) < 4.78 is 4.63. The van der Waals surface area contributed by atoms with Gasteiger partial charge in [-0.25, -0.2) is 4.79 Å². The van der Waals surface area contributed by atoms with Crippen molar-refractivity contribution in [3.63, 3.8) is 0 Å². The lowest BCUT2D eigenvalue weighted by Gasteiger charge is -2.42. The zero-order valence-electron chi connectivity index (χ0n) is 9.25. The molecule has 0 aliphatic carbocycles. The largest absolute Gasteiger partial charge is 0.477 e. The number of aliphatic hydroxyl groups excluding tert-OH is 5. The molecule has 0 amide bonds. The molecule has 4 unspecified atom stereocenters. The molecule has 9 heteroatoms. The first-order chi connectivity index (χ1) is 8.23. The smallest absolute Gasteiger partial charge is 0.364 e. The van der Waals surface area contributed by atoms with Gasteiger partial charge in [0, 0.05) is 6.42 Å². The maximum absolute atomic E-state index is 10.8. The average molecular weight is 268 g/mol. The molecule has 1 rings (SSSR count). The van der Waals surface area contributed by atoms with E-state index in [1.165, 1.54) is 0 Å². The molecule has 1 aliphatic heterocycles. The Hall–Kier alpha value is -0.810. The average Bonchev–Trinajstić information content (AvgIpc) is 2.31. The van der Waals surface area contributed by atoms with Gasteiger partial charge in [0.2, 0.25) is 0 Å². The SMILES string of the molecule is O=C(O)[C@]1(O)CC(O)[C@@H](O)C(C(O)C(O)CO)O1. The molecule has 0 aromatic rings. The van der Waals surface area contributed by atoms with Crippen LogP contribution in [0.1, 0.15) is 6.42 Å². The number of aliphatic carboxylic acids is 1. The quantitative estimate of drug-likeness (QED) is 0.268. The van der Waals surface area contributed by atoms with Crippen LogP contribution in [0.3, 0.4) is 0 Å². The lowest BCUT2D eigenvalue weighted by Crippen LogP contribution is -2.63. The van der Waals surface area contributed by atoms with Crippen molar-refractivity contribution < 1.29 is 45.3 Å². The first-order valence-electron chi connectivity index (χ1n) is 5.19. The van der Waals surface area contributed by atoms with Crippen molar-refractivity contribution in [3.8, 4) is 0 Å². The van der Waals surface area contributed by atoms with Gasteiger partial charge in [0.05, 0.1) is 12.7 Å². The van der Waals surface area contributed by atoms with Gasteiger partial charge in [0.25, 0.3) is 5.79 Å². The molecule has 0 radical (unpaired) electrons. The lowest BCUT2D eigenvalue weighted by molar-refractivity contribution is -0.312. The lowest BCUT2D eigenvalue weighted by atomic mass is 9.91. The van der Waals surface area contributed by atoms with Gasteiger partial charge < -0.3 is 40.5 Å². The summed E-state index contributed by atoms with van der Waals surface area (Å²) in [7, 11) is 0. The Balaban J connectivity index is 2.92. The van der Waals surface area contributed by atoms with Crippen LogP contribution in [0.4, 0.5) is 0 Å². The molecule has 0 aromatic heterocycles. The predicted molar refractivity (Wildman–Crippen MR) is 53.2 cm³/mol. The van der Waals surface area contributed by atoms with Crippen molar-refractivity contribution in [1.82, 2.24) is 0 Å². The first kappa shape index (κ1) is 15.2. The number of carbonyl (C=O) groups is 1. The van der Waals surface area contributed by atoms with Crippen molar-refractivity contribution in [2.45, 2.75) is 42.7 Å². The molecule has 9 nitrogen and oxygen atoms in total. The van der Waals surface area contributed by atoms with E-state index in [-0.39, 0.29) is 0 Å². The number of carboxylic acids is 1. The number of hydrogen-bond acceptors (Lipinski definition) is 8. The zero-order chi connectivity index (χ0) is 14.1. The monoisotopic (exact) mass is 268 g/mol. The molecule has 1 heterocycles. The molecule has 6 atom stereocenters. The highest BCUT2D eigenvalue weighted by atomic mass is 16.7. The van der Waals surface area contributed by atoms with Crippen LogP contribution in [-0.4, -0.2) is 84.6 Å². The highest BCUT2D eigenvalue weighted by molar-refractivity contribution is 5.75. The molecule has 1 saturated heterocycles. The van der Waals surface area contributed by atoms with Gasteiger partial charge in [-0.05, 0) is 0 Å². The van der Waals surface area contributed by atoms with E-state index < -0.39 is 55.3 Å². The van der Waals surface area contributed by atoms with Crippen LogP contribution < -0.4 is 0 Å². The molecule has 0 saturated carbocycles.